The van der Waals surface area contributed by atoms with Crippen molar-refractivity contribution in [3.8, 4) is 0 Å². The Kier molecular flexibility index (Phi) is 4.25. The summed E-state index contributed by atoms with van der Waals surface area (Å²) in [6, 6.07) is 2.27. The van der Waals surface area contributed by atoms with Crippen molar-refractivity contribution in [1.82, 2.24) is 9.88 Å². The number of likely N-dealkylation sites (tertiary alicyclic amines) is 1. The lowest BCUT2D eigenvalue weighted by atomic mass is 9.98. The lowest BCUT2D eigenvalue weighted by Gasteiger charge is -2.35. The van der Waals surface area contributed by atoms with Crippen LogP contribution in [0.5, 0.6) is 0 Å². The van der Waals surface area contributed by atoms with Crippen LogP contribution in [0.3, 0.4) is 0 Å². The fraction of sp³-hybridized carbons (Fsp3) is 0.533. The largest absolute Gasteiger partial charge is 0.444 e. The lowest BCUT2D eigenvalue weighted by molar-refractivity contribution is -0.123. The molecule has 1 fully saturated rings. The minimum Gasteiger partial charge on any atom is -0.444 e. The van der Waals surface area contributed by atoms with Gasteiger partial charge in [0.2, 0.25) is 0 Å². The highest BCUT2D eigenvalue weighted by molar-refractivity contribution is 5.82. The van der Waals surface area contributed by atoms with Gasteiger partial charge in [0.25, 0.3) is 0 Å². The van der Waals surface area contributed by atoms with E-state index in [0.717, 1.165) is 6.20 Å². The predicted molar refractivity (Wildman–Crippen MR) is 74.1 cm³/mol. The topological polar surface area (TPSA) is 59.5 Å². The number of hydrogen-bond acceptors (Lipinski definition) is 4. The molecule has 1 aliphatic heterocycles. The van der Waals surface area contributed by atoms with Crippen molar-refractivity contribution in [2.45, 2.75) is 45.3 Å². The Morgan fingerprint density at radius 1 is 1.43 bits per heavy atom. The van der Waals surface area contributed by atoms with E-state index in [4.69, 9.17) is 4.74 Å². The Labute approximate surface area is 123 Å². The molecule has 2 heterocycles. The first-order chi connectivity index (χ1) is 9.76. The highest BCUT2D eigenvalue weighted by atomic mass is 19.1. The number of amides is 1. The number of rotatable bonds is 1. The molecule has 1 aromatic heterocycles. The van der Waals surface area contributed by atoms with E-state index in [1.54, 1.807) is 20.8 Å². The first-order valence-electron chi connectivity index (χ1n) is 6.89. The van der Waals surface area contributed by atoms with Gasteiger partial charge >= 0.3 is 6.09 Å². The lowest BCUT2D eigenvalue weighted by Crippen LogP contribution is -2.44. The number of ether oxygens (including phenoxy) is 1. The molecule has 0 radical (unpaired) electrons. The molecule has 1 unspecified atom stereocenters. The summed E-state index contributed by atoms with van der Waals surface area (Å²) in [7, 11) is 0. The summed E-state index contributed by atoms with van der Waals surface area (Å²) in [5, 5.41) is 0. The van der Waals surface area contributed by atoms with E-state index >= 15 is 0 Å². The Balaban J connectivity index is 2.23. The van der Waals surface area contributed by atoms with Crippen molar-refractivity contribution in [2.24, 2.45) is 0 Å². The molecule has 21 heavy (non-hydrogen) atoms. The third-order valence-corrected chi connectivity index (χ3v) is 3.15. The van der Waals surface area contributed by atoms with E-state index in [-0.39, 0.29) is 18.7 Å². The van der Waals surface area contributed by atoms with Crippen molar-refractivity contribution >= 4 is 11.9 Å². The van der Waals surface area contributed by atoms with Crippen LogP contribution in [0.1, 0.15) is 45.3 Å². The minimum absolute atomic E-state index is 0.0610. The Morgan fingerprint density at radius 3 is 2.71 bits per heavy atom. The summed E-state index contributed by atoms with van der Waals surface area (Å²) in [6.45, 7) is 5.64. The van der Waals surface area contributed by atoms with E-state index in [1.807, 2.05) is 0 Å². The van der Waals surface area contributed by atoms with Crippen LogP contribution in [0.2, 0.25) is 0 Å². The van der Waals surface area contributed by atoms with Crippen LogP contribution in [-0.2, 0) is 9.53 Å². The normalized spacial score (nSPS) is 19.5. The molecule has 0 bridgehead atoms. The van der Waals surface area contributed by atoms with Crippen molar-refractivity contribution in [1.29, 1.82) is 0 Å². The van der Waals surface area contributed by atoms with Gasteiger partial charge in [-0.25, -0.2) is 9.18 Å². The third-order valence-electron chi connectivity index (χ3n) is 3.15. The van der Waals surface area contributed by atoms with Gasteiger partial charge < -0.3 is 4.74 Å². The van der Waals surface area contributed by atoms with Crippen molar-refractivity contribution in [3.63, 3.8) is 0 Å². The summed E-state index contributed by atoms with van der Waals surface area (Å²) in [6.07, 6.45) is 1.09. The summed E-state index contributed by atoms with van der Waals surface area (Å²) in [5.74, 6) is -0.393. The Hall–Kier alpha value is -1.98. The SMILES string of the molecule is CC(C)(C)OC(=O)N1CCC(=O)CC1c1ccc(F)cn1. The van der Waals surface area contributed by atoms with Crippen LogP contribution in [0.4, 0.5) is 9.18 Å². The van der Waals surface area contributed by atoms with Gasteiger partial charge in [-0.05, 0) is 32.9 Å². The number of halogens is 1. The maximum atomic E-state index is 13.0. The molecule has 1 atom stereocenters. The fourth-order valence-electron chi connectivity index (χ4n) is 2.22. The number of piperidine rings is 1. The van der Waals surface area contributed by atoms with Crippen LogP contribution in [-0.4, -0.2) is 33.9 Å². The molecule has 1 amide bonds. The zero-order chi connectivity index (χ0) is 15.6. The van der Waals surface area contributed by atoms with Gasteiger partial charge in [0.15, 0.2) is 0 Å². The van der Waals surface area contributed by atoms with E-state index in [2.05, 4.69) is 4.98 Å². The number of nitrogens with zero attached hydrogens (tertiary/aromatic N) is 2. The average Bonchev–Trinajstić information content (AvgIpc) is 2.37. The molecule has 0 spiro atoms. The maximum Gasteiger partial charge on any atom is 0.410 e. The number of carbonyl (C=O) groups excluding carboxylic acids is 2. The zero-order valence-electron chi connectivity index (χ0n) is 12.4. The van der Waals surface area contributed by atoms with E-state index < -0.39 is 23.6 Å². The van der Waals surface area contributed by atoms with E-state index in [1.165, 1.54) is 17.0 Å². The van der Waals surface area contributed by atoms with Crippen LogP contribution in [0.25, 0.3) is 0 Å². The first-order valence-corrected chi connectivity index (χ1v) is 6.89. The van der Waals surface area contributed by atoms with E-state index in [0.29, 0.717) is 12.1 Å². The van der Waals surface area contributed by atoms with Crippen LogP contribution in [0, 0.1) is 5.82 Å². The molecule has 0 aromatic carbocycles. The van der Waals surface area contributed by atoms with Gasteiger partial charge in [-0.2, -0.15) is 0 Å². The molecular formula is C15H19FN2O3. The molecule has 2 rings (SSSR count). The van der Waals surface area contributed by atoms with Gasteiger partial charge in [0.1, 0.15) is 17.2 Å². The zero-order valence-corrected chi connectivity index (χ0v) is 12.4. The molecule has 0 N–H and O–H groups in total. The van der Waals surface area contributed by atoms with Gasteiger partial charge in [0.05, 0.1) is 17.9 Å². The molecule has 6 heteroatoms. The maximum absolute atomic E-state index is 13.0. The van der Waals surface area contributed by atoms with Gasteiger partial charge in [-0.3, -0.25) is 14.7 Å². The number of Topliss-reactive ketones (excluding diaryl/α,β-unsaturated/α-hetero) is 1. The number of hydrogen-bond donors (Lipinski definition) is 0. The second-order valence-corrected chi connectivity index (χ2v) is 6.08. The fourth-order valence-corrected chi connectivity index (χ4v) is 2.22. The highest BCUT2D eigenvalue weighted by Gasteiger charge is 2.35. The second kappa shape index (κ2) is 5.79. The van der Waals surface area contributed by atoms with Crippen LogP contribution in [0.15, 0.2) is 18.3 Å². The van der Waals surface area contributed by atoms with Gasteiger partial charge in [0, 0.05) is 19.4 Å². The summed E-state index contributed by atoms with van der Waals surface area (Å²) < 4.78 is 18.3. The van der Waals surface area contributed by atoms with Crippen molar-refractivity contribution in [2.75, 3.05) is 6.54 Å². The highest BCUT2D eigenvalue weighted by Crippen LogP contribution is 2.29. The average molecular weight is 294 g/mol. The van der Waals surface area contributed by atoms with Gasteiger partial charge in [-0.15, -0.1) is 0 Å². The monoisotopic (exact) mass is 294 g/mol. The molecular weight excluding hydrogens is 275 g/mol. The van der Waals surface area contributed by atoms with Crippen molar-refractivity contribution in [3.05, 3.63) is 29.8 Å². The summed E-state index contributed by atoms with van der Waals surface area (Å²) in [4.78, 5) is 29.4. The molecule has 114 valence electrons. The molecule has 0 saturated carbocycles. The second-order valence-electron chi connectivity index (χ2n) is 6.08. The summed E-state index contributed by atoms with van der Waals surface area (Å²) >= 11 is 0. The van der Waals surface area contributed by atoms with Crippen LogP contribution < -0.4 is 0 Å². The molecule has 1 aliphatic rings. The standard InChI is InChI=1S/C15H19FN2O3/c1-15(2,3)21-14(20)18-7-6-11(19)8-13(18)12-5-4-10(16)9-17-12/h4-5,9,13H,6-8H2,1-3H3. The Bertz CT molecular complexity index is 537. The number of pyridine rings is 1. The number of ketones is 1. The van der Waals surface area contributed by atoms with Gasteiger partial charge in [-0.1, -0.05) is 0 Å². The number of carbonyl (C=O) groups is 2. The van der Waals surface area contributed by atoms with E-state index in [9.17, 15) is 14.0 Å². The third kappa shape index (κ3) is 4.00. The Morgan fingerprint density at radius 2 is 2.14 bits per heavy atom. The first kappa shape index (κ1) is 15.4. The molecule has 5 nitrogen and oxygen atoms in total. The quantitative estimate of drug-likeness (QED) is 0.799. The number of aromatic nitrogens is 1. The smallest absolute Gasteiger partial charge is 0.410 e. The van der Waals surface area contributed by atoms with Crippen LogP contribution >= 0.6 is 0 Å². The van der Waals surface area contributed by atoms with Crippen molar-refractivity contribution < 1.29 is 18.7 Å². The minimum atomic E-state index is -0.612. The molecule has 1 saturated heterocycles. The molecule has 0 aliphatic carbocycles. The molecule has 1 aromatic rings. The predicted octanol–water partition coefficient (Wildman–Crippen LogP) is 2.86. The summed E-state index contributed by atoms with van der Waals surface area (Å²) in [5.41, 5.74) is -0.116.